The van der Waals surface area contributed by atoms with E-state index in [2.05, 4.69) is 24.3 Å². The smallest absolute Gasteiger partial charge is 0.264 e. The van der Waals surface area contributed by atoms with Crippen LogP contribution in [0.15, 0.2) is 60.7 Å². The van der Waals surface area contributed by atoms with Crippen LogP contribution < -0.4 is 10.4 Å². The molecule has 0 bridgehead atoms. The highest BCUT2D eigenvalue weighted by Crippen LogP contribution is 2.48. The molecule has 0 radical (unpaired) electrons. The average molecular weight is 507 g/mol. The second-order valence-corrected chi connectivity index (χ2v) is 15.0. The van der Waals surface area contributed by atoms with Crippen LogP contribution in [-0.4, -0.2) is 65.2 Å². The Labute approximate surface area is 204 Å². The Bertz CT molecular complexity index is 1050. The minimum atomic E-state index is -3.81. The van der Waals surface area contributed by atoms with E-state index in [0.29, 0.717) is 0 Å². The molecule has 0 aliphatic carbocycles. The van der Waals surface area contributed by atoms with Crippen LogP contribution in [0.25, 0.3) is 0 Å². The molecule has 2 aromatic rings. The van der Waals surface area contributed by atoms with Gasteiger partial charge < -0.3 is 18.9 Å². The zero-order chi connectivity index (χ0) is 24.8. The molecule has 0 amide bonds. The summed E-state index contributed by atoms with van der Waals surface area (Å²) in [5.41, 5.74) is -1.64. The molecule has 2 aliphatic heterocycles. The summed E-state index contributed by atoms with van der Waals surface area (Å²) in [4.78, 5) is 0. The fourth-order valence-electron chi connectivity index (χ4n) is 4.75. The summed E-state index contributed by atoms with van der Waals surface area (Å²) in [6, 6.07) is 20.2. The second kappa shape index (κ2) is 9.13. The Kier molecular flexibility index (Phi) is 6.84. The standard InChI is InChI=1S/C25H34O7SSi/c1-23(2,3)28-17-20-21(31-33(6,26)27)22-25(29-20,32-24(4,5)30-22)34(18-13-9-7-10-14-18)19-15-11-8-12-16-19/h7-16,20-22,34H,17H2,1-6H3/t20-,21+,22-,25+/m1/s1. The van der Waals surface area contributed by atoms with Crippen molar-refractivity contribution >= 4 is 29.3 Å². The Hall–Kier alpha value is -1.59. The van der Waals surface area contributed by atoms with Crippen LogP contribution in [0.1, 0.15) is 34.6 Å². The lowest BCUT2D eigenvalue weighted by molar-refractivity contribution is -0.238. The van der Waals surface area contributed by atoms with Gasteiger partial charge in [0.05, 0.1) is 18.5 Å². The molecule has 2 saturated heterocycles. The number of hydrogen-bond acceptors (Lipinski definition) is 7. The molecule has 0 N–H and O–H groups in total. The maximum absolute atomic E-state index is 12.3. The van der Waals surface area contributed by atoms with Gasteiger partial charge in [0.15, 0.2) is 20.0 Å². The Morgan fingerprint density at radius 2 is 1.47 bits per heavy atom. The molecule has 34 heavy (non-hydrogen) atoms. The number of ether oxygens (including phenoxy) is 4. The predicted octanol–water partition coefficient (Wildman–Crippen LogP) is 1.97. The first-order valence-corrected chi connectivity index (χ1v) is 15.0. The topological polar surface area (TPSA) is 80.3 Å². The van der Waals surface area contributed by atoms with Crippen molar-refractivity contribution in [3.8, 4) is 0 Å². The molecule has 4 atom stereocenters. The molecule has 0 saturated carbocycles. The maximum atomic E-state index is 12.3. The summed E-state index contributed by atoms with van der Waals surface area (Å²) in [5.74, 6) is -0.992. The van der Waals surface area contributed by atoms with Gasteiger partial charge in [0.2, 0.25) is 0 Å². The predicted molar refractivity (Wildman–Crippen MR) is 132 cm³/mol. The van der Waals surface area contributed by atoms with Gasteiger partial charge in [-0.15, -0.1) is 0 Å². The third-order valence-corrected chi connectivity index (χ3v) is 9.91. The highest BCUT2D eigenvalue weighted by molar-refractivity contribution is 7.86. The van der Waals surface area contributed by atoms with Crippen LogP contribution in [0, 0.1) is 0 Å². The quantitative estimate of drug-likeness (QED) is 0.420. The van der Waals surface area contributed by atoms with Crippen molar-refractivity contribution in [2.45, 2.75) is 69.7 Å². The zero-order valence-corrected chi connectivity index (χ0v) is 22.5. The summed E-state index contributed by atoms with van der Waals surface area (Å²) in [5, 5.41) is 2.19. The van der Waals surface area contributed by atoms with E-state index in [0.717, 1.165) is 16.6 Å². The Morgan fingerprint density at radius 3 is 1.94 bits per heavy atom. The van der Waals surface area contributed by atoms with Gasteiger partial charge in [0, 0.05) is 0 Å². The third kappa shape index (κ3) is 5.46. The highest BCUT2D eigenvalue weighted by Gasteiger charge is 2.69. The fraction of sp³-hybridized carbons (Fsp3) is 0.520. The molecule has 0 unspecified atom stereocenters. The van der Waals surface area contributed by atoms with Gasteiger partial charge >= 0.3 is 0 Å². The molecule has 2 aliphatic rings. The first-order chi connectivity index (χ1) is 15.8. The van der Waals surface area contributed by atoms with Crippen molar-refractivity contribution in [2.75, 3.05) is 12.9 Å². The highest BCUT2D eigenvalue weighted by atomic mass is 32.2. The number of fused-ring (bicyclic) bond motifs is 1. The molecule has 2 heterocycles. The third-order valence-electron chi connectivity index (χ3n) is 5.85. The molecule has 0 aromatic heterocycles. The van der Waals surface area contributed by atoms with Crippen LogP contribution in [0.2, 0.25) is 0 Å². The summed E-state index contributed by atoms with van der Waals surface area (Å²) in [6.07, 6.45) is -1.33. The fourth-order valence-corrected chi connectivity index (χ4v) is 9.21. The first kappa shape index (κ1) is 25.5. The van der Waals surface area contributed by atoms with Gasteiger partial charge in [-0.3, -0.25) is 4.18 Å². The van der Waals surface area contributed by atoms with Crippen molar-refractivity contribution in [1.29, 1.82) is 0 Å². The van der Waals surface area contributed by atoms with E-state index in [1.807, 2.05) is 71.0 Å². The lowest BCUT2D eigenvalue weighted by atomic mass is 10.1. The monoisotopic (exact) mass is 506 g/mol. The molecule has 4 rings (SSSR count). The van der Waals surface area contributed by atoms with E-state index >= 15 is 0 Å². The van der Waals surface area contributed by atoms with Crippen molar-refractivity contribution in [3.05, 3.63) is 60.7 Å². The largest absolute Gasteiger partial charge is 0.373 e. The molecule has 2 fully saturated rings. The second-order valence-electron chi connectivity index (χ2n) is 10.4. The lowest BCUT2D eigenvalue weighted by Gasteiger charge is -2.36. The average Bonchev–Trinajstić information content (AvgIpc) is 3.14. The van der Waals surface area contributed by atoms with Crippen molar-refractivity contribution in [3.63, 3.8) is 0 Å². The molecule has 2 aromatic carbocycles. The van der Waals surface area contributed by atoms with Crippen molar-refractivity contribution in [1.82, 2.24) is 0 Å². The minimum absolute atomic E-state index is 0.139. The summed E-state index contributed by atoms with van der Waals surface area (Å²) in [7, 11) is -6.14. The lowest BCUT2D eigenvalue weighted by Crippen LogP contribution is -2.65. The zero-order valence-electron chi connectivity index (χ0n) is 20.6. The summed E-state index contributed by atoms with van der Waals surface area (Å²) >= 11 is 0. The number of hydrogen-bond donors (Lipinski definition) is 0. The number of rotatable bonds is 7. The summed E-state index contributed by atoms with van der Waals surface area (Å²) in [6.45, 7) is 9.58. The van der Waals surface area contributed by atoms with Crippen LogP contribution in [0.4, 0.5) is 0 Å². The molecule has 186 valence electrons. The van der Waals surface area contributed by atoms with Crippen molar-refractivity contribution in [2.24, 2.45) is 0 Å². The SMILES string of the molecule is CC(C)(C)OC[C@H]1O[C@]2([SiH](c3ccccc3)c3ccccc3)OC(C)(C)O[C@@H]2[C@H]1OS(C)(=O)=O. The van der Waals surface area contributed by atoms with E-state index in [1.165, 1.54) is 0 Å². The van der Waals surface area contributed by atoms with Gasteiger partial charge in [-0.05, 0) is 34.6 Å². The van der Waals surface area contributed by atoms with Gasteiger partial charge in [0.25, 0.3) is 10.1 Å². The normalized spacial score (nSPS) is 28.9. The van der Waals surface area contributed by atoms with Crippen LogP contribution >= 0.6 is 0 Å². The molecule has 9 heteroatoms. The van der Waals surface area contributed by atoms with E-state index in [9.17, 15) is 8.42 Å². The van der Waals surface area contributed by atoms with Gasteiger partial charge in [-0.25, -0.2) is 0 Å². The van der Waals surface area contributed by atoms with E-state index in [4.69, 9.17) is 23.1 Å². The summed E-state index contributed by atoms with van der Waals surface area (Å²) < 4.78 is 55.9. The van der Waals surface area contributed by atoms with Crippen LogP contribution in [0.5, 0.6) is 0 Å². The van der Waals surface area contributed by atoms with Gasteiger partial charge in [-0.1, -0.05) is 71.0 Å². The van der Waals surface area contributed by atoms with Gasteiger partial charge in [0.1, 0.15) is 18.3 Å². The van der Waals surface area contributed by atoms with E-state index < -0.39 is 54.0 Å². The molecule has 0 spiro atoms. The molecule has 7 nitrogen and oxygen atoms in total. The molecular formula is C25H34O7SSi. The van der Waals surface area contributed by atoms with Gasteiger partial charge in [-0.2, -0.15) is 8.42 Å². The van der Waals surface area contributed by atoms with Crippen LogP contribution in [-0.2, 0) is 33.2 Å². The minimum Gasteiger partial charge on any atom is -0.373 e. The van der Waals surface area contributed by atoms with E-state index in [-0.39, 0.29) is 6.61 Å². The first-order valence-electron chi connectivity index (χ1n) is 11.5. The van der Waals surface area contributed by atoms with Crippen molar-refractivity contribution < 1.29 is 31.5 Å². The number of benzene rings is 2. The maximum Gasteiger partial charge on any atom is 0.264 e. The Balaban J connectivity index is 1.85. The van der Waals surface area contributed by atoms with E-state index in [1.54, 1.807) is 0 Å². The molecular weight excluding hydrogens is 472 g/mol. The Morgan fingerprint density at radius 1 is 0.941 bits per heavy atom. The van der Waals surface area contributed by atoms with Crippen LogP contribution in [0.3, 0.4) is 0 Å².